The summed E-state index contributed by atoms with van der Waals surface area (Å²) in [6.07, 6.45) is 3.70. The van der Waals surface area contributed by atoms with Gasteiger partial charge in [0.15, 0.2) is 5.96 Å². The molecule has 2 aromatic rings. The first-order valence-corrected chi connectivity index (χ1v) is 9.47. The van der Waals surface area contributed by atoms with Gasteiger partial charge in [-0.25, -0.2) is 0 Å². The van der Waals surface area contributed by atoms with Crippen LogP contribution in [0.25, 0.3) is 0 Å². The molecule has 2 rings (SSSR count). The fourth-order valence-electron chi connectivity index (χ4n) is 1.77. The van der Waals surface area contributed by atoms with Crippen molar-refractivity contribution in [3.05, 3.63) is 71.8 Å². The predicted molar refractivity (Wildman–Crippen MR) is 125 cm³/mol. The third-order valence-electron chi connectivity index (χ3n) is 3.05. The SMILES string of the molecule is C.CSC(N)=[NH2+].NC(N)=NCCc1ccccc1.NCCc1ccccc1.O. The monoisotopic (exact) mass is 409 g/mol. The Bertz CT molecular complexity index is 619. The number of thioether (sulfide) groups is 1. The molecule has 158 valence electrons. The molecule has 0 atom stereocenters. The highest BCUT2D eigenvalue weighted by Crippen LogP contribution is 1.99. The lowest BCUT2D eigenvalue weighted by atomic mass is 10.2. The maximum atomic E-state index is 5.36. The van der Waals surface area contributed by atoms with Gasteiger partial charge in [0.1, 0.15) is 0 Å². The van der Waals surface area contributed by atoms with Gasteiger partial charge >= 0.3 is 0 Å². The molecular formula is C20H37N6OS+. The highest BCUT2D eigenvalue weighted by Gasteiger charge is 1.89. The van der Waals surface area contributed by atoms with E-state index >= 15 is 0 Å². The minimum atomic E-state index is 0. The molecule has 0 heterocycles. The molecule has 0 unspecified atom stereocenters. The van der Waals surface area contributed by atoms with Gasteiger partial charge in [0, 0.05) is 6.54 Å². The molecule has 0 saturated heterocycles. The van der Waals surface area contributed by atoms with Crippen LogP contribution in [0, 0.1) is 0 Å². The van der Waals surface area contributed by atoms with Crippen LogP contribution >= 0.6 is 11.8 Å². The molecule has 0 fully saturated rings. The van der Waals surface area contributed by atoms with Crippen molar-refractivity contribution >= 4 is 22.9 Å². The highest BCUT2D eigenvalue weighted by molar-refractivity contribution is 8.12. The number of hydrogen-bond acceptors (Lipinski definition) is 3. The first-order chi connectivity index (χ1) is 12.5. The van der Waals surface area contributed by atoms with Gasteiger partial charge in [0.2, 0.25) is 0 Å². The van der Waals surface area contributed by atoms with Crippen molar-refractivity contribution in [1.29, 1.82) is 0 Å². The molecular weight excluding hydrogens is 372 g/mol. The highest BCUT2D eigenvalue weighted by atomic mass is 32.2. The number of guanidine groups is 1. The summed E-state index contributed by atoms with van der Waals surface area (Å²) in [5, 5.41) is 5.37. The molecule has 0 amide bonds. The summed E-state index contributed by atoms with van der Waals surface area (Å²) in [6, 6.07) is 20.4. The normalized spacial score (nSPS) is 8.36. The van der Waals surface area contributed by atoms with Gasteiger partial charge in [-0.3, -0.25) is 16.1 Å². The van der Waals surface area contributed by atoms with E-state index in [1.165, 1.54) is 22.9 Å². The second kappa shape index (κ2) is 20.8. The van der Waals surface area contributed by atoms with E-state index in [-0.39, 0.29) is 18.9 Å². The summed E-state index contributed by atoms with van der Waals surface area (Å²) in [7, 11) is 0. The molecule has 0 saturated carbocycles. The zero-order chi connectivity index (χ0) is 19.6. The Morgan fingerprint density at radius 3 is 1.61 bits per heavy atom. The number of benzene rings is 2. The first kappa shape index (κ1) is 30.2. The zero-order valence-corrected chi connectivity index (χ0v) is 16.7. The van der Waals surface area contributed by atoms with E-state index in [0.717, 1.165) is 19.4 Å². The molecule has 28 heavy (non-hydrogen) atoms. The summed E-state index contributed by atoms with van der Waals surface area (Å²) >= 11 is 1.35. The van der Waals surface area contributed by atoms with Crippen LogP contribution < -0.4 is 28.3 Å². The molecule has 12 N–H and O–H groups in total. The number of nitrogens with two attached hydrogens (primary N) is 5. The van der Waals surface area contributed by atoms with Crippen molar-refractivity contribution in [2.45, 2.75) is 20.3 Å². The van der Waals surface area contributed by atoms with Gasteiger partial charge in [-0.2, -0.15) is 0 Å². The average Bonchev–Trinajstić information content (AvgIpc) is 2.64. The van der Waals surface area contributed by atoms with Crippen LogP contribution in [-0.2, 0) is 12.8 Å². The Morgan fingerprint density at radius 2 is 1.29 bits per heavy atom. The summed E-state index contributed by atoms with van der Waals surface area (Å²) in [4.78, 5) is 3.89. The maximum absolute atomic E-state index is 5.36. The Kier molecular flexibility index (Phi) is 22.4. The molecule has 0 spiro atoms. The predicted octanol–water partition coefficient (Wildman–Crippen LogP) is -0.0751. The van der Waals surface area contributed by atoms with Gasteiger partial charge in [-0.1, -0.05) is 68.1 Å². The van der Waals surface area contributed by atoms with Gasteiger partial charge in [0.05, 0.1) is 0 Å². The van der Waals surface area contributed by atoms with Crippen LogP contribution in [0.3, 0.4) is 0 Å². The average molecular weight is 410 g/mol. The van der Waals surface area contributed by atoms with E-state index in [0.29, 0.717) is 11.7 Å². The number of aliphatic imine (C=N–C) groups is 1. The molecule has 0 bridgehead atoms. The van der Waals surface area contributed by atoms with Crippen LogP contribution in [0.1, 0.15) is 18.6 Å². The Hall–Kier alpha value is -2.55. The van der Waals surface area contributed by atoms with Gasteiger partial charge < -0.3 is 22.7 Å². The third-order valence-corrected chi connectivity index (χ3v) is 3.52. The summed E-state index contributed by atoms with van der Waals surface area (Å²) in [5.74, 6) is 0.158. The van der Waals surface area contributed by atoms with Crippen molar-refractivity contribution in [2.24, 2.45) is 27.9 Å². The lowest BCUT2D eigenvalue weighted by Gasteiger charge is -1.96. The number of nitrogens with zero attached hydrogens (tertiary/aromatic N) is 1. The number of hydrogen-bond donors (Lipinski definition) is 5. The first-order valence-electron chi connectivity index (χ1n) is 8.24. The Balaban J connectivity index is -0.000000349. The van der Waals surface area contributed by atoms with Crippen molar-refractivity contribution in [3.8, 4) is 0 Å². The van der Waals surface area contributed by atoms with Crippen LogP contribution in [0.2, 0.25) is 0 Å². The van der Waals surface area contributed by atoms with E-state index in [4.69, 9.17) is 28.3 Å². The molecule has 8 heteroatoms. The van der Waals surface area contributed by atoms with E-state index in [2.05, 4.69) is 29.3 Å². The van der Waals surface area contributed by atoms with Gasteiger partial charge in [0.25, 0.3) is 5.17 Å². The molecule has 7 nitrogen and oxygen atoms in total. The van der Waals surface area contributed by atoms with Crippen LogP contribution in [0.15, 0.2) is 65.7 Å². The third kappa shape index (κ3) is 19.8. The van der Waals surface area contributed by atoms with Gasteiger partial charge in [-0.05, 0) is 48.5 Å². The Labute approximate surface area is 173 Å². The smallest absolute Gasteiger partial charge is 0.299 e. The largest absolute Gasteiger partial charge is 0.412 e. The number of rotatable bonds is 5. The fraction of sp³-hybridized carbons (Fsp3) is 0.300. The second-order valence-corrected chi connectivity index (χ2v) is 6.05. The molecule has 2 aromatic carbocycles. The molecule has 0 aliphatic rings. The lowest BCUT2D eigenvalue weighted by molar-refractivity contribution is -0.110. The van der Waals surface area contributed by atoms with E-state index < -0.39 is 0 Å². The lowest BCUT2D eigenvalue weighted by Crippen LogP contribution is -2.42. The standard InChI is InChI=1S/C9H13N3.C8H11N.C2H6N2S.CH4.H2O/c10-9(11)12-7-6-8-4-2-1-3-5-8;9-7-6-8-4-2-1-3-5-8;1-5-2(3)4;;/h1-5H,6-7H2,(H4,10,11,12);1-5H,6-7,9H2;1H3,(H3,3,4);1H4;1H2/p+1. The molecule has 0 aliphatic heterocycles. The maximum Gasteiger partial charge on any atom is 0.299 e. The van der Waals surface area contributed by atoms with Crippen molar-refractivity contribution < 1.29 is 10.9 Å². The van der Waals surface area contributed by atoms with E-state index in [9.17, 15) is 0 Å². The van der Waals surface area contributed by atoms with Crippen molar-refractivity contribution in [1.82, 2.24) is 0 Å². The van der Waals surface area contributed by atoms with E-state index in [1.54, 1.807) is 0 Å². The van der Waals surface area contributed by atoms with Crippen LogP contribution in [0.5, 0.6) is 0 Å². The Morgan fingerprint density at radius 1 is 0.893 bits per heavy atom. The summed E-state index contributed by atoms with van der Waals surface area (Å²) in [5.41, 5.74) is 23.3. The zero-order valence-electron chi connectivity index (χ0n) is 15.8. The molecule has 0 aromatic heterocycles. The number of amidine groups is 1. The van der Waals surface area contributed by atoms with Crippen molar-refractivity contribution in [3.63, 3.8) is 0 Å². The van der Waals surface area contributed by atoms with E-state index in [1.807, 2.05) is 42.7 Å². The van der Waals surface area contributed by atoms with Crippen molar-refractivity contribution in [2.75, 3.05) is 19.3 Å². The summed E-state index contributed by atoms with van der Waals surface area (Å²) in [6.45, 7) is 1.40. The summed E-state index contributed by atoms with van der Waals surface area (Å²) < 4.78 is 0. The van der Waals surface area contributed by atoms with Crippen LogP contribution in [0.4, 0.5) is 0 Å². The molecule has 0 aliphatic carbocycles. The van der Waals surface area contributed by atoms with Gasteiger partial charge in [-0.15, -0.1) is 0 Å². The topological polar surface area (TPSA) is 174 Å². The molecule has 0 radical (unpaired) electrons. The minimum absolute atomic E-state index is 0. The fourth-order valence-corrected chi connectivity index (χ4v) is 1.77. The van der Waals surface area contributed by atoms with Crippen LogP contribution in [-0.4, -0.2) is 35.9 Å². The second-order valence-electron chi connectivity index (χ2n) is 5.17. The quantitative estimate of drug-likeness (QED) is 0.342. The minimum Gasteiger partial charge on any atom is -0.412 e.